The number of nitrogen functional groups attached to an aromatic ring is 1. The van der Waals surface area contributed by atoms with Crippen LogP contribution in [-0.4, -0.2) is 68.2 Å². The van der Waals surface area contributed by atoms with Gasteiger partial charge in [-0.25, -0.2) is 13.2 Å². The average molecular weight is 529 g/mol. The molecule has 0 atom stereocenters. The number of hydrogen-bond donors (Lipinski definition) is 2. The summed E-state index contributed by atoms with van der Waals surface area (Å²) in [6.07, 6.45) is 0. The van der Waals surface area contributed by atoms with E-state index in [9.17, 15) is 23.1 Å². The number of nitrogens with two attached hydrogens (primary N) is 1. The molecular weight excluding hydrogens is 506 g/mol. The van der Waals surface area contributed by atoms with Crippen molar-refractivity contribution in [3.63, 3.8) is 0 Å². The first-order valence-corrected chi connectivity index (χ1v) is 12.8. The van der Waals surface area contributed by atoms with Gasteiger partial charge in [-0.05, 0) is 59.3 Å². The van der Waals surface area contributed by atoms with Gasteiger partial charge in [0.1, 0.15) is 5.84 Å². The number of amides is 2. The average Bonchev–Trinajstić information content (AvgIpc) is 2.86. The topological polar surface area (TPSA) is 151 Å². The Hall–Kier alpha value is -3.67. The Labute approximate surface area is 213 Å². The number of piperazine rings is 1. The van der Waals surface area contributed by atoms with E-state index >= 15 is 0 Å². The third-order valence-corrected chi connectivity index (χ3v) is 8.06. The molecule has 0 aromatic heterocycles. The van der Waals surface area contributed by atoms with Crippen LogP contribution in [0.1, 0.15) is 5.56 Å². The largest absolute Gasteiger partial charge is 0.548 e. The van der Waals surface area contributed by atoms with Crippen molar-refractivity contribution in [1.29, 1.82) is 5.41 Å². The van der Waals surface area contributed by atoms with Crippen LogP contribution >= 0.6 is 11.6 Å². The van der Waals surface area contributed by atoms with E-state index in [0.717, 1.165) is 15.7 Å². The van der Waals surface area contributed by atoms with Gasteiger partial charge < -0.3 is 20.5 Å². The van der Waals surface area contributed by atoms with Gasteiger partial charge in [0.15, 0.2) is 0 Å². The highest BCUT2D eigenvalue weighted by Crippen LogP contribution is 2.25. The Balaban J connectivity index is 1.49. The zero-order chi connectivity index (χ0) is 26.0. The number of halogens is 1. The molecule has 0 aliphatic carbocycles. The van der Waals surface area contributed by atoms with Crippen LogP contribution in [0, 0.1) is 5.41 Å². The SMILES string of the molecule is N=C(N)c1ccc(N(CC(=O)[O-])C(=O)N2CCN(S(=O)(=O)c3ccc4cc(Cl)ccc4c3)CC2)cc1. The summed E-state index contributed by atoms with van der Waals surface area (Å²) >= 11 is 6.01. The first-order chi connectivity index (χ1) is 17.1. The molecule has 188 valence electrons. The predicted octanol–water partition coefficient (Wildman–Crippen LogP) is 1.46. The lowest BCUT2D eigenvalue weighted by Crippen LogP contribution is -2.55. The summed E-state index contributed by atoms with van der Waals surface area (Å²) in [5, 5.41) is 20.9. The van der Waals surface area contributed by atoms with E-state index in [1.165, 1.54) is 39.5 Å². The minimum absolute atomic E-state index is 0.0508. The number of carboxylic acids is 1. The van der Waals surface area contributed by atoms with E-state index in [1.54, 1.807) is 30.3 Å². The maximum absolute atomic E-state index is 13.2. The number of carbonyl (C=O) groups excluding carboxylic acids is 2. The molecular formula is C24H23ClN5O5S-. The van der Waals surface area contributed by atoms with Crippen molar-refractivity contribution < 1.29 is 23.1 Å². The molecule has 3 aromatic carbocycles. The van der Waals surface area contributed by atoms with Gasteiger partial charge in [0.2, 0.25) is 10.0 Å². The summed E-state index contributed by atoms with van der Waals surface area (Å²) in [5.74, 6) is -1.61. The number of anilines is 1. The number of urea groups is 1. The van der Waals surface area contributed by atoms with E-state index in [2.05, 4.69) is 0 Å². The Morgan fingerprint density at radius 3 is 2.19 bits per heavy atom. The van der Waals surface area contributed by atoms with Crippen LogP contribution in [0.2, 0.25) is 5.02 Å². The van der Waals surface area contributed by atoms with Gasteiger partial charge in [0.05, 0.1) is 17.4 Å². The molecule has 1 saturated heterocycles. The zero-order valence-electron chi connectivity index (χ0n) is 19.1. The number of carboxylic acid groups (broad SMARTS) is 1. The van der Waals surface area contributed by atoms with Crippen molar-refractivity contribution in [2.24, 2.45) is 5.73 Å². The Kier molecular flexibility index (Phi) is 7.16. The third kappa shape index (κ3) is 5.27. The molecule has 0 saturated carbocycles. The molecule has 1 fully saturated rings. The molecule has 3 N–H and O–H groups in total. The molecule has 1 heterocycles. The molecule has 10 nitrogen and oxygen atoms in total. The number of nitrogens with zero attached hydrogens (tertiary/aromatic N) is 3. The molecule has 0 radical (unpaired) electrons. The molecule has 0 bridgehead atoms. The van der Waals surface area contributed by atoms with Crippen molar-refractivity contribution in [2.75, 3.05) is 37.6 Å². The van der Waals surface area contributed by atoms with E-state index in [4.69, 9.17) is 22.7 Å². The lowest BCUT2D eigenvalue weighted by Gasteiger charge is -2.37. The molecule has 4 rings (SSSR count). The lowest BCUT2D eigenvalue weighted by molar-refractivity contribution is -0.303. The maximum Gasteiger partial charge on any atom is 0.324 e. The summed E-state index contributed by atoms with van der Waals surface area (Å²) in [5.41, 5.74) is 6.17. The number of hydrogen-bond acceptors (Lipinski definition) is 6. The van der Waals surface area contributed by atoms with Crippen molar-refractivity contribution in [1.82, 2.24) is 9.21 Å². The van der Waals surface area contributed by atoms with Crippen molar-refractivity contribution in [2.45, 2.75) is 4.90 Å². The van der Waals surface area contributed by atoms with Crippen LogP contribution in [0.25, 0.3) is 10.8 Å². The first kappa shape index (κ1) is 25.4. The van der Waals surface area contributed by atoms with Crippen LogP contribution in [-0.2, 0) is 14.8 Å². The highest BCUT2D eigenvalue weighted by molar-refractivity contribution is 7.89. The fraction of sp³-hybridized carbons (Fsp3) is 0.208. The van der Waals surface area contributed by atoms with E-state index in [0.29, 0.717) is 16.3 Å². The molecule has 0 unspecified atom stereocenters. The number of carbonyl (C=O) groups is 2. The van der Waals surface area contributed by atoms with Crippen LogP contribution in [0.15, 0.2) is 65.6 Å². The Morgan fingerprint density at radius 1 is 0.972 bits per heavy atom. The number of rotatable bonds is 6. The smallest absolute Gasteiger partial charge is 0.324 e. The Morgan fingerprint density at radius 2 is 1.58 bits per heavy atom. The fourth-order valence-corrected chi connectivity index (χ4v) is 5.65. The summed E-state index contributed by atoms with van der Waals surface area (Å²) in [4.78, 5) is 27.1. The molecule has 1 aliphatic heterocycles. The molecule has 3 aromatic rings. The van der Waals surface area contributed by atoms with Gasteiger partial charge in [0.25, 0.3) is 0 Å². The predicted molar refractivity (Wildman–Crippen MR) is 134 cm³/mol. The second-order valence-electron chi connectivity index (χ2n) is 8.25. The Bertz CT molecular complexity index is 1440. The van der Waals surface area contributed by atoms with Gasteiger partial charge in [0, 0.05) is 42.5 Å². The van der Waals surface area contributed by atoms with Gasteiger partial charge in [-0.15, -0.1) is 0 Å². The fourth-order valence-electron chi connectivity index (χ4n) is 4.01. The quantitative estimate of drug-likeness (QED) is 0.365. The monoisotopic (exact) mass is 528 g/mol. The highest BCUT2D eigenvalue weighted by atomic mass is 35.5. The van der Waals surface area contributed by atoms with Crippen LogP contribution in [0.3, 0.4) is 0 Å². The zero-order valence-corrected chi connectivity index (χ0v) is 20.6. The second-order valence-corrected chi connectivity index (χ2v) is 10.6. The van der Waals surface area contributed by atoms with Gasteiger partial charge in [-0.1, -0.05) is 23.7 Å². The summed E-state index contributed by atoms with van der Waals surface area (Å²) in [6.45, 7) is -0.422. The number of sulfonamides is 1. The van der Waals surface area contributed by atoms with Gasteiger partial charge in [-0.2, -0.15) is 4.31 Å². The minimum Gasteiger partial charge on any atom is -0.548 e. The van der Waals surface area contributed by atoms with Crippen LogP contribution < -0.4 is 15.7 Å². The second kappa shape index (κ2) is 10.1. The van der Waals surface area contributed by atoms with Crippen molar-refractivity contribution in [3.05, 3.63) is 71.2 Å². The number of benzene rings is 3. The van der Waals surface area contributed by atoms with Crippen LogP contribution in [0.5, 0.6) is 0 Å². The highest BCUT2D eigenvalue weighted by Gasteiger charge is 2.32. The number of fused-ring (bicyclic) bond motifs is 1. The summed E-state index contributed by atoms with van der Waals surface area (Å²) in [7, 11) is -3.80. The maximum atomic E-state index is 13.2. The normalized spacial score (nSPS) is 14.5. The number of nitrogens with one attached hydrogen (secondary N) is 1. The standard InChI is InChI=1S/C24H24ClN5O5S/c25-19-5-1-18-14-21(8-4-17(18)13-19)36(34,35)29-11-9-28(10-12-29)24(33)30(15-22(31)32)20-6-2-16(3-7-20)23(26)27/h1-8,13-14H,9-12,15H2,(H3,26,27)(H,31,32)/p-1. The molecule has 1 aliphatic rings. The number of aliphatic carboxylic acids is 1. The van der Waals surface area contributed by atoms with E-state index < -0.39 is 28.6 Å². The van der Waals surface area contributed by atoms with Crippen molar-refractivity contribution in [3.8, 4) is 0 Å². The van der Waals surface area contributed by atoms with Gasteiger partial charge in [-0.3, -0.25) is 10.3 Å². The van der Waals surface area contributed by atoms with Crippen molar-refractivity contribution >= 4 is 55.9 Å². The van der Waals surface area contributed by atoms with Gasteiger partial charge >= 0.3 is 6.03 Å². The molecule has 0 spiro atoms. The van der Waals surface area contributed by atoms with Crippen LogP contribution in [0.4, 0.5) is 10.5 Å². The van der Waals surface area contributed by atoms with E-state index in [1.807, 2.05) is 0 Å². The van der Waals surface area contributed by atoms with E-state index in [-0.39, 0.29) is 36.9 Å². The molecule has 12 heteroatoms. The minimum atomic E-state index is -3.80. The third-order valence-electron chi connectivity index (χ3n) is 5.93. The lowest BCUT2D eigenvalue weighted by atomic mass is 10.1. The number of amidine groups is 1. The molecule has 2 amide bonds. The first-order valence-electron chi connectivity index (χ1n) is 11.0. The molecule has 36 heavy (non-hydrogen) atoms. The summed E-state index contributed by atoms with van der Waals surface area (Å²) in [6, 6.07) is 15.4. The summed E-state index contributed by atoms with van der Waals surface area (Å²) < 4.78 is 27.8.